The number of hydrogen-bond acceptors (Lipinski definition) is 4. The minimum Gasteiger partial charge on any atom is -0.481 e. The lowest BCUT2D eigenvalue weighted by molar-refractivity contribution is -0.141. The third-order valence-corrected chi connectivity index (χ3v) is 6.27. The zero-order chi connectivity index (χ0) is 24.8. The number of nitrogens with one attached hydrogen (secondary N) is 1. The van der Waals surface area contributed by atoms with E-state index in [9.17, 15) is 14.4 Å². The zero-order valence-corrected chi connectivity index (χ0v) is 20.3. The number of amides is 2. The Morgan fingerprint density at radius 1 is 1.00 bits per heavy atom. The number of ether oxygens (including phenoxy) is 1. The van der Waals surface area contributed by atoms with Crippen LogP contribution in [0.1, 0.15) is 57.6 Å². The van der Waals surface area contributed by atoms with Crippen LogP contribution in [-0.4, -0.2) is 53.2 Å². The first kappa shape index (κ1) is 25.3. The van der Waals surface area contributed by atoms with E-state index in [2.05, 4.69) is 29.6 Å². The van der Waals surface area contributed by atoms with Crippen molar-refractivity contribution in [2.24, 2.45) is 5.92 Å². The van der Waals surface area contributed by atoms with Gasteiger partial charge in [0.25, 0.3) is 0 Å². The Kier molecular flexibility index (Phi) is 8.31. The number of aliphatic carboxylic acids is 1. The molecule has 0 fully saturated rings. The molecule has 2 aromatic carbocycles. The highest BCUT2D eigenvalue weighted by atomic mass is 16.5. The third kappa shape index (κ3) is 5.76. The minimum absolute atomic E-state index is 0.0693. The number of hydrogen-bond donors (Lipinski definition) is 2. The van der Waals surface area contributed by atoms with E-state index in [4.69, 9.17) is 9.84 Å². The largest absolute Gasteiger partial charge is 0.481 e. The molecule has 2 amide bonds. The highest BCUT2D eigenvalue weighted by Crippen LogP contribution is 2.44. The molecule has 0 radical (unpaired) electrons. The second kappa shape index (κ2) is 11.2. The summed E-state index contributed by atoms with van der Waals surface area (Å²) in [5.74, 6) is -1.18. The average Bonchev–Trinajstić information content (AvgIpc) is 3.10. The Bertz CT molecular complexity index is 990. The molecule has 2 aromatic rings. The van der Waals surface area contributed by atoms with Crippen molar-refractivity contribution in [3.8, 4) is 11.1 Å². The number of carbonyl (C=O) groups excluding carboxylic acids is 2. The number of carboxylic acids is 1. The number of carboxylic acid groups (broad SMARTS) is 1. The van der Waals surface area contributed by atoms with Gasteiger partial charge in [-0.05, 0) is 48.4 Å². The van der Waals surface area contributed by atoms with Gasteiger partial charge in [0.2, 0.25) is 5.91 Å². The van der Waals surface area contributed by atoms with Crippen LogP contribution in [0.4, 0.5) is 4.79 Å². The van der Waals surface area contributed by atoms with Gasteiger partial charge in [-0.3, -0.25) is 9.59 Å². The molecule has 0 saturated heterocycles. The fourth-order valence-electron chi connectivity index (χ4n) is 4.72. The number of carbonyl (C=O) groups is 3. The van der Waals surface area contributed by atoms with Crippen molar-refractivity contribution in [1.29, 1.82) is 0 Å². The minimum atomic E-state index is -0.969. The van der Waals surface area contributed by atoms with Gasteiger partial charge in [-0.15, -0.1) is 0 Å². The SMILES string of the molecule is CCN(C(=O)C(CC(C)C)NC(=O)OCC1c2ccccc2-c2ccccc21)C(C)CC(=O)O. The molecule has 0 saturated carbocycles. The van der Waals surface area contributed by atoms with Crippen molar-refractivity contribution in [3.05, 3.63) is 59.7 Å². The van der Waals surface area contributed by atoms with Crippen LogP contribution in [0.2, 0.25) is 0 Å². The maximum absolute atomic E-state index is 13.2. The molecule has 2 N–H and O–H groups in total. The van der Waals surface area contributed by atoms with E-state index in [0.717, 1.165) is 22.3 Å². The Labute approximate surface area is 201 Å². The predicted octanol–water partition coefficient (Wildman–Crippen LogP) is 4.65. The number of rotatable bonds is 10. The molecule has 0 spiro atoms. The first-order valence-electron chi connectivity index (χ1n) is 11.9. The molecule has 3 rings (SSSR count). The summed E-state index contributed by atoms with van der Waals surface area (Å²) < 4.78 is 5.63. The number of benzene rings is 2. The van der Waals surface area contributed by atoms with E-state index >= 15 is 0 Å². The molecule has 1 aliphatic rings. The molecule has 0 bridgehead atoms. The summed E-state index contributed by atoms with van der Waals surface area (Å²) in [6, 6.07) is 14.9. The van der Waals surface area contributed by atoms with Gasteiger partial charge in [-0.2, -0.15) is 0 Å². The summed E-state index contributed by atoms with van der Waals surface area (Å²) >= 11 is 0. The summed E-state index contributed by atoms with van der Waals surface area (Å²) in [5.41, 5.74) is 4.52. The Morgan fingerprint density at radius 3 is 2.06 bits per heavy atom. The lowest BCUT2D eigenvalue weighted by Gasteiger charge is -2.31. The van der Waals surface area contributed by atoms with Gasteiger partial charge in [0, 0.05) is 18.5 Å². The molecule has 2 atom stereocenters. The summed E-state index contributed by atoms with van der Waals surface area (Å²) in [4.78, 5) is 38.6. The van der Waals surface area contributed by atoms with Gasteiger partial charge < -0.3 is 20.1 Å². The topological polar surface area (TPSA) is 95.9 Å². The first-order chi connectivity index (χ1) is 16.2. The van der Waals surface area contributed by atoms with E-state index in [1.54, 1.807) is 13.8 Å². The van der Waals surface area contributed by atoms with E-state index < -0.39 is 24.1 Å². The van der Waals surface area contributed by atoms with Gasteiger partial charge in [-0.25, -0.2) is 4.79 Å². The Morgan fingerprint density at radius 2 is 1.56 bits per heavy atom. The lowest BCUT2D eigenvalue weighted by Crippen LogP contribution is -2.52. The molecule has 7 nitrogen and oxygen atoms in total. The van der Waals surface area contributed by atoms with Gasteiger partial charge in [0.05, 0.1) is 6.42 Å². The average molecular weight is 467 g/mol. The van der Waals surface area contributed by atoms with Crippen molar-refractivity contribution in [1.82, 2.24) is 10.2 Å². The molecule has 1 aliphatic carbocycles. The number of fused-ring (bicyclic) bond motifs is 3. The molecule has 34 heavy (non-hydrogen) atoms. The summed E-state index contributed by atoms with van der Waals surface area (Å²) in [6.45, 7) is 7.96. The van der Waals surface area contributed by atoms with Crippen molar-refractivity contribution < 1.29 is 24.2 Å². The van der Waals surface area contributed by atoms with Crippen LogP contribution in [0, 0.1) is 5.92 Å². The maximum atomic E-state index is 13.2. The monoisotopic (exact) mass is 466 g/mol. The summed E-state index contributed by atoms with van der Waals surface area (Å²) in [7, 11) is 0. The molecular weight excluding hydrogens is 432 g/mol. The molecule has 7 heteroatoms. The van der Waals surface area contributed by atoms with Crippen LogP contribution in [-0.2, 0) is 14.3 Å². The van der Waals surface area contributed by atoms with Gasteiger partial charge in [-0.1, -0.05) is 62.4 Å². The van der Waals surface area contributed by atoms with Crippen LogP contribution in [0.5, 0.6) is 0 Å². The van der Waals surface area contributed by atoms with E-state index in [1.807, 2.05) is 38.1 Å². The Hall–Kier alpha value is -3.35. The molecule has 2 unspecified atom stereocenters. The fourth-order valence-corrected chi connectivity index (χ4v) is 4.72. The van der Waals surface area contributed by atoms with Crippen molar-refractivity contribution in [2.75, 3.05) is 13.2 Å². The van der Waals surface area contributed by atoms with Gasteiger partial charge in [0.15, 0.2) is 0 Å². The van der Waals surface area contributed by atoms with Gasteiger partial charge in [0.1, 0.15) is 12.6 Å². The molecule has 0 aromatic heterocycles. The van der Waals surface area contributed by atoms with Crippen LogP contribution in [0.3, 0.4) is 0 Å². The summed E-state index contributed by atoms with van der Waals surface area (Å²) in [5, 5.41) is 11.9. The smallest absolute Gasteiger partial charge is 0.407 e. The summed E-state index contributed by atoms with van der Waals surface area (Å²) in [6.07, 6.45) is -0.374. The van der Waals surface area contributed by atoms with Crippen LogP contribution in [0.15, 0.2) is 48.5 Å². The quantitative estimate of drug-likeness (QED) is 0.531. The predicted molar refractivity (Wildman–Crippen MR) is 131 cm³/mol. The van der Waals surface area contributed by atoms with Gasteiger partial charge >= 0.3 is 12.1 Å². The number of nitrogens with zero attached hydrogens (tertiary/aromatic N) is 1. The second-order valence-electron chi connectivity index (χ2n) is 9.22. The highest BCUT2D eigenvalue weighted by Gasteiger charge is 2.32. The lowest BCUT2D eigenvalue weighted by atomic mass is 9.98. The van der Waals surface area contributed by atoms with E-state index in [1.165, 1.54) is 4.90 Å². The first-order valence-corrected chi connectivity index (χ1v) is 11.9. The van der Waals surface area contributed by atoms with Crippen molar-refractivity contribution in [2.45, 2.75) is 58.5 Å². The number of likely N-dealkylation sites (N-methyl/N-ethyl adjacent to an activating group) is 1. The van der Waals surface area contributed by atoms with Crippen LogP contribution < -0.4 is 5.32 Å². The van der Waals surface area contributed by atoms with E-state index in [-0.39, 0.29) is 30.8 Å². The second-order valence-corrected chi connectivity index (χ2v) is 9.22. The zero-order valence-electron chi connectivity index (χ0n) is 20.3. The molecule has 182 valence electrons. The standard InChI is InChI=1S/C27H34N2O5/c1-5-29(18(4)15-25(30)31)26(32)24(14-17(2)3)28-27(33)34-16-23-21-12-8-6-10-19(21)20-11-7-9-13-22(20)23/h6-13,17-18,23-24H,5,14-16H2,1-4H3,(H,28,33)(H,30,31). The maximum Gasteiger partial charge on any atom is 0.407 e. The number of alkyl carbamates (subject to hydrolysis) is 1. The molecule has 0 aliphatic heterocycles. The van der Waals surface area contributed by atoms with Crippen LogP contribution in [0.25, 0.3) is 11.1 Å². The molecule has 0 heterocycles. The normalized spacial score (nSPS) is 14.1. The van der Waals surface area contributed by atoms with Crippen LogP contribution >= 0.6 is 0 Å². The Balaban J connectivity index is 1.70. The third-order valence-electron chi connectivity index (χ3n) is 6.27. The fraction of sp³-hybridized carbons (Fsp3) is 0.444. The van der Waals surface area contributed by atoms with Crippen molar-refractivity contribution in [3.63, 3.8) is 0 Å². The van der Waals surface area contributed by atoms with E-state index in [0.29, 0.717) is 13.0 Å². The van der Waals surface area contributed by atoms with Crippen molar-refractivity contribution >= 4 is 18.0 Å². The highest BCUT2D eigenvalue weighted by molar-refractivity contribution is 5.86. The molecular formula is C27H34N2O5.